The number of anilines is 1. The van der Waals surface area contributed by atoms with Gasteiger partial charge in [0.15, 0.2) is 11.0 Å². The molecular formula is C23H28ClN5OS. The Bertz CT molecular complexity index is 1020. The van der Waals surface area contributed by atoms with Gasteiger partial charge in [0, 0.05) is 0 Å². The molecule has 3 rings (SSSR count). The smallest absolute Gasteiger partial charge is 0.234 e. The Morgan fingerprint density at radius 2 is 1.94 bits per heavy atom. The van der Waals surface area contributed by atoms with E-state index < -0.39 is 0 Å². The molecule has 0 aliphatic carbocycles. The molecule has 0 aliphatic rings. The summed E-state index contributed by atoms with van der Waals surface area (Å²) < 4.78 is 2.11. The number of rotatable bonds is 9. The van der Waals surface area contributed by atoms with E-state index in [9.17, 15) is 4.79 Å². The molecule has 6 nitrogen and oxygen atoms in total. The van der Waals surface area contributed by atoms with Crippen LogP contribution in [0.2, 0.25) is 5.02 Å². The Balaban J connectivity index is 1.78. The van der Waals surface area contributed by atoms with Crippen LogP contribution in [-0.4, -0.2) is 45.4 Å². The Morgan fingerprint density at radius 1 is 1.19 bits per heavy atom. The number of benzene rings is 2. The summed E-state index contributed by atoms with van der Waals surface area (Å²) >= 11 is 7.62. The topological polar surface area (TPSA) is 63.1 Å². The lowest BCUT2D eigenvalue weighted by molar-refractivity contribution is -0.113. The molecule has 0 bridgehead atoms. The van der Waals surface area contributed by atoms with E-state index >= 15 is 0 Å². The lowest BCUT2D eigenvalue weighted by Gasteiger charge is -2.23. The van der Waals surface area contributed by atoms with E-state index in [1.54, 1.807) is 0 Å². The molecule has 1 N–H and O–H groups in total. The first-order chi connectivity index (χ1) is 14.9. The zero-order valence-electron chi connectivity index (χ0n) is 18.3. The van der Waals surface area contributed by atoms with Gasteiger partial charge in [0.25, 0.3) is 0 Å². The van der Waals surface area contributed by atoms with Crippen LogP contribution in [0.5, 0.6) is 0 Å². The average Bonchev–Trinajstić information content (AvgIpc) is 3.12. The van der Waals surface area contributed by atoms with Crippen LogP contribution in [0, 0.1) is 6.92 Å². The van der Waals surface area contributed by atoms with Crippen molar-refractivity contribution in [3.05, 3.63) is 70.5 Å². The van der Waals surface area contributed by atoms with Gasteiger partial charge < -0.3 is 9.88 Å². The number of nitrogens with zero attached hydrogens (tertiary/aromatic N) is 4. The van der Waals surface area contributed by atoms with Crippen molar-refractivity contribution in [2.75, 3.05) is 25.2 Å². The maximum atomic E-state index is 12.5. The van der Waals surface area contributed by atoms with Gasteiger partial charge in [-0.15, -0.1) is 10.2 Å². The van der Waals surface area contributed by atoms with E-state index in [1.165, 1.54) is 11.8 Å². The molecule has 0 saturated carbocycles. The molecule has 0 saturated heterocycles. The Hall–Kier alpha value is -2.35. The summed E-state index contributed by atoms with van der Waals surface area (Å²) in [4.78, 5) is 14.7. The van der Waals surface area contributed by atoms with Gasteiger partial charge in [-0.25, -0.2) is 0 Å². The van der Waals surface area contributed by atoms with Crippen molar-refractivity contribution in [3.8, 4) is 0 Å². The Morgan fingerprint density at radius 3 is 2.58 bits per heavy atom. The van der Waals surface area contributed by atoms with Crippen LogP contribution in [0.4, 0.5) is 5.69 Å². The van der Waals surface area contributed by atoms with Gasteiger partial charge in [-0.1, -0.05) is 66.7 Å². The molecule has 0 aliphatic heterocycles. The van der Waals surface area contributed by atoms with E-state index in [4.69, 9.17) is 11.6 Å². The number of thioether (sulfide) groups is 1. The fourth-order valence-electron chi connectivity index (χ4n) is 3.38. The van der Waals surface area contributed by atoms with Crippen molar-refractivity contribution < 1.29 is 4.79 Å². The molecule has 164 valence electrons. The predicted molar refractivity (Wildman–Crippen MR) is 128 cm³/mol. The van der Waals surface area contributed by atoms with E-state index in [-0.39, 0.29) is 17.7 Å². The molecule has 0 fully saturated rings. The molecule has 0 spiro atoms. The average molecular weight is 458 g/mol. The number of hydrogen-bond acceptors (Lipinski definition) is 5. The monoisotopic (exact) mass is 457 g/mol. The first-order valence-corrected chi connectivity index (χ1v) is 11.6. The Labute approximate surface area is 193 Å². The maximum Gasteiger partial charge on any atom is 0.234 e. The van der Waals surface area contributed by atoms with E-state index in [2.05, 4.69) is 44.0 Å². The third kappa shape index (κ3) is 6.09. The summed E-state index contributed by atoms with van der Waals surface area (Å²) in [6, 6.07) is 15.9. The number of hydrogen-bond donors (Lipinski definition) is 1. The zero-order valence-corrected chi connectivity index (χ0v) is 19.9. The van der Waals surface area contributed by atoms with Crippen molar-refractivity contribution in [1.82, 2.24) is 19.7 Å². The molecule has 2 aromatic carbocycles. The third-order valence-electron chi connectivity index (χ3n) is 4.97. The molecule has 1 heterocycles. The lowest BCUT2D eigenvalue weighted by atomic mass is 10.2. The van der Waals surface area contributed by atoms with Crippen LogP contribution in [0.1, 0.15) is 36.3 Å². The second-order valence-electron chi connectivity index (χ2n) is 7.62. The van der Waals surface area contributed by atoms with Crippen LogP contribution in [0.15, 0.2) is 53.7 Å². The van der Waals surface area contributed by atoms with Crippen LogP contribution in [0.25, 0.3) is 0 Å². The molecule has 3 aromatic rings. The van der Waals surface area contributed by atoms with Crippen molar-refractivity contribution in [3.63, 3.8) is 0 Å². The summed E-state index contributed by atoms with van der Waals surface area (Å²) in [5, 5.41) is 13.0. The van der Waals surface area contributed by atoms with Crippen LogP contribution >= 0.6 is 23.4 Å². The lowest BCUT2D eigenvalue weighted by Crippen LogP contribution is -2.23. The summed E-state index contributed by atoms with van der Waals surface area (Å²) in [6.45, 7) is 4.75. The quantitative estimate of drug-likeness (QED) is 0.456. The number of amides is 1. The highest BCUT2D eigenvalue weighted by molar-refractivity contribution is 7.99. The summed E-state index contributed by atoms with van der Waals surface area (Å²) in [5.41, 5.74) is 2.82. The molecule has 1 amide bonds. The van der Waals surface area contributed by atoms with Gasteiger partial charge >= 0.3 is 0 Å². The SMILES string of the molecule is CCC(c1nnc(SCC(=O)Nc2ccc(C)cc2Cl)n1Cc1ccccc1)N(C)C. The predicted octanol–water partition coefficient (Wildman–Crippen LogP) is 5.03. The van der Waals surface area contributed by atoms with E-state index in [1.807, 2.05) is 57.4 Å². The summed E-state index contributed by atoms with van der Waals surface area (Å²) in [7, 11) is 4.09. The van der Waals surface area contributed by atoms with E-state index in [0.29, 0.717) is 17.3 Å². The van der Waals surface area contributed by atoms with Crippen molar-refractivity contribution in [1.29, 1.82) is 0 Å². The number of nitrogens with one attached hydrogen (secondary N) is 1. The number of aromatic nitrogens is 3. The van der Waals surface area contributed by atoms with Crippen LogP contribution < -0.4 is 5.32 Å². The van der Waals surface area contributed by atoms with E-state index in [0.717, 1.165) is 28.5 Å². The van der Waals surface area contributed by atoms with Gasteiger partial charge in [-0.2, -0.15) is 0 Å². The minimum atomic E-state index is -0.133. The number of carbonyl (C=O) groups excluding carboxylic acids is 1. The van der Waals surface area contributed by atoms with Gasteiger partial charge in [0.2, 0.25) is 5.91 Å². The summed E-state index contributed by atoms with van der Waals surface area (Å²) in [6.07, 6.45) is 0.914. The van der Waals surface area contributed by atoms with Crippen LogP contribution in [-0.2, 0) is 11.3 Å². The minimum absolute atomic E-state index is 0.133. The molecule has 31 heavy (non-hydrogen) atoms. The fourth-order valence-corrected chi connectivity index (χ4v) is 4.41. The fraction of sp³-hybridized carbons (Fsp3) is 0.348. The number of carbonyl (C=O) groups is 1. The normalized spacial score (nSPS) is 12.2. The van der Waals surface area contributed by atoms with Crippen molar-refractivity contribution in [2.45, 2.75) is 38.0 Å². The highest BCUT2D eigenvalue weighted by Gasteiger charge is 2.22. The standard InChI is InChI=1S/C23H28ClN5OS/c1-5-20(28(3)4)22-26-27-23(29(22)14-17-9-7-6-8-10-17)31-15-21(30)25-19-12-11-16(2)13-18(19)24/h6-13,20H,5,14-15H2,1-4H3,(H,25,30). The van der Waals surface area contributed by atoms with Crippen LogP contribution in [0.3, 0.4) is 0 Å². The second-order valence-corrected chi connectivity index (χ2v) is 8.97. The molecule has 1 atom stereocenters. The number of aryl methyl sites for hydroxylation is 1. The third-order valence-corrected chi connectivity index (χ3v) is 6.25. The van der Waals surface area contributed by atoms with Gasteiger partial charge in [-0.05, 0) is 50.7 Å². The zero-order chi connectivity index (χ0) is 22.4. The van der Waals surface area contributed by atoms with Gasteiger partial charge in [0.05, 0.1) is 29.0 Å². The maximum absolute atomic E-state index is 12.5. The molecule has 0 radical (unpaired) electrons. The van der Waals surface area contributed by atoms with Gasteiger partial charge in [0.1, 0.15) is 0 Å². The number of halogens is 1. The first-order valence-electron chi connectivity index (χ1n) is 10.2. The first kappa shape index (κ1) is 23.3. The molecular weight excluding hydrogens is 430 g/mol. The highest BCUT2D eigenvalue weighted by Crippen LogP contribution is 2.27. The van der Waals surface area contributed by atoms with Crippen molar-refractivity contribution in [2.24, 2.45) is 0 Å². The second kappa shape index (κ2) is 10.8. The van der Waals surface area contributed by atoms with Gasteiger partial charge in [-0.3, -0.25) is 9.69 Å². The largest absolute Gasteiger partial charge is 0.324 e. The minimum Gasteiger partial charge on any atom is -0.324 e. The molecule has 1 aromatic heterocycles. The van der Waals surface area contributed by atoms with Crippen molar-refractivity contribution >= 4 is 35.0 Å². The highest BCUT2D eigenvalue weighted by atomic mass is 35.5. The summed E-state index contributed by atoms with van der Waals surface area (Å²) in [5.74, 6) is 0.989. The molecule has 8 heteroatoms. The Kier molecular flexibility index (Phi) is 8.12. The molecule has 1 unspecified atom stereocenters.